The molecule has 2 aromatic carbocycles. The van der Waals surface area contributed by atoms with Crippen molar-refractivity contribution in [2.75, 3.05) is 5.32 Å². The molecule has 1 aliphatic carbocycles. The number of aryl methyl sites for hydroxylation is 1. The van der Waals surface area contributed by atoms with E-state index in [1.807, 2.05) is 24.3 Å². The van der Waals surface area contributed by atoms with Crippen molar-refractivity contribution < 1.29 is 10.2 Å². The molecule has 3 nitrogen and oxygen atoms in total. The normalized spacial score (nSPS) is 17.8. The van der Waals surface area contributed by atoms with Crippen LogP contribution in [0.2, 0.25) is 0 Å². The summed E-state index contributed by atoms with van der Waals surface area (Å²) in [5, 5.41) is 22.4. The smallest absolute Gasteiger partial charge is 0.115 e. The second kappa shape index (κ2) is 4.84. The molecule has 0 saturated carbocycles. The SMILES string of the molecule is Oc1ccc(NC2CCCc3ccc(O)cc32)cc1. The number of rotatable bonds is 2. The lowest BCUT2D eigenvalue weighted by Gasteiger charge is -2.27. The first-order valence-electron chi connectivity index (χ1n) is 6.60. The van der Waals surface area contributed by atoms with Crippen molar-refractivity contribution in [3.63, 3.8) is 0 Å². The highest BCUT2D eigenvalue weighted by molar-refractivity contribution is 5.50. The van der Waals surface area contributed by atoms with E-state index in [1.54, 1.807) is 18.2 Å². The molecule has 98 valence electrons. The first kappa shape index (κ1) is 11.9. The number of aromatic hydroxyl groups is 2. The lowest BCUT2D eigenvalue weighted by atomic mass is 9.87. The summed E-state index contributed by atoms with van der Waals surface area (Å²) in [6, 6.07) is 12.9. The maximum absolute atomic E-state index is 9.65. The Labute approximate surface area is 112 Å². The van der Waals surface area contributed by atoms with Gasteiger partial charge in [0.1, 0.15) is 11.5 Å². The van der Waals surface area contributed by atoms with Crippen molar-refractivity contribution in [2.45, 2.75) is 25.3 Å². The molecule has 2 aromatic rings. The van der Waals surface area contributed by atoms with E-state index in [9.17, 15) is 10.2 Å². The minimum Gasteiger partial charge on any atom is -0.508 e. The lowest BCUT2D eigenvalue weighted by molar-refractivity contribution is 0.471. The molecular weight excluding hydrogens is 238 g/mol. The van der Waals surface area contributed by atoms with Gasteiger partial charge in [-0.2, -0.15) is 0 Å². The summed E-state index contributed by atoms with van der Waals surface area (Å²) in [6.45, 7) is 0. The van der Waals surface area contributed by atoms with Crippen LogP contribution >= 0.6 is 0 Å². The Morgan fingerprint density at radius 1 is 0.947 bits per heavy atom. The van der Waals surface area contributed by atoms with E-state index in [0.29, 0.717) is 5.75 Å². The van der Waals surface area contributed by atoms with Crippen LogP contribution in [-0.4, -0.2) is 10.2 Å². The Morgan fingerprint density at radius 2 is 1.68 bits per heavy atom. The van der Waals surface area contributed by atoms with Crippen molar-refractivity contribution >= 4 is 5.69 Å². The molecule has 3 heteroatoms. The van der Waals surface area contributed by atoms with Crippen molar-refractivity contribution in [2.24, 2.45) is 0 Å². The predicted octanol–water partition coefficient (Wildman–Crippen LogP) is 3.59. The Kier molecular flexibility index (Phi) is 3.03. The fraction of sp³-hybridized carbons (Fsp3) is 0.250. The van der Waals surface area contributed by atoms with Gasteiger partial charge in [-0.1, -0.05) is 6.07 Å². The minimum atomic E-state index is 0.223. The highest BCUT2D eigenvalue weighted by Gasteiger charge is 2.20. The van der Waals surface area contributed by atoms with Crippen LogP contribution in [-0.2, 0) is 6.42 Å². The number of phenolic OH excluding ortho intramolecular Hbond substituents is 2. The molecule has 19 heavy (non-hydrogen) atoms. The second-order valence-corrected chi connectivity index (χ2v) is 5.02. The third kappa shape index (κ3) is 2.50. The maximum atomic E-state index is 9.65. The molecule has 1 atom stereocenters. The third-order valence-electron chi connectivity index (χ3n) is 3.65. The Balaban J connectivity index is 1.87. The predicted molar refractivity (Wildman–Crippen MR) is 75.5 cm³/mol. The molecule has 0 fully saturated rings. The molecule has 0 bridgehead atoms. The standard InChI is InChI=1S/C16H17NO2/c18-13-8-5-12(6-9-13)17-16-3-1-2-11-4-7-14(19)10-15(11)16/h4-10,16-19H,1-3H2. The Bertz CT molecular complexity index is 578. The van der Waals surface area contributed by atoms with Crippen LogP contribution in [0.3, 0.4) is 0 Å². The van der Waals surface area contributed by atoms with Crippen LogP contribution in [0.15, 0.2) is 42.5 Å². The van der Waals surface area contributed by atoms with Crippen molar-refractivity contribution in [1.82, 2.24) is 0 Å². The zero-order valence-electron chi connectivity index (χ0n) is 10.6. The van der Waals surface area contributed by atoms with Gasteiger partial charge >= 0.3 is 0 Å². The van der Waals surface area contributed by atoms with Crippen LogP contribution < -0.4 is 5.32 Å². The molecule has 0 amide bonds. The van der Waals surface area contributed by atoms with Crippen LogP contribution in [0.1, 0.15) is 30.0 Å². The zero-order chi connectivity index (χ0) is 13.2. The van der Waals surface area contributed by atoms with E-state index in [2.05, 4.69) is 5.32 Å². The number of hydrogen-bond donors (Lipinski definition) is 3. The summed E-state index contributed by atoms with van der Waals surface area (Å²) in [6.07, 6.45) is 3.27. The van der Waals surface area contributed by atoms with E-state index in [0.717, 1.165) is 24.9 Å². The van der Waals surface area contributed by atoms with Gasteiger partial charge in [-0.15, -0.1) is 0 Å². The number of nitrogens with one attached hydrogen (secondary N) is 1. The summed E-state index contributed by atoms with van der Waals surface area (Å²) in [7, 11) is 0. The van der Waals surface area contributed by atoms with E-state index >= 15 is 0 Å². The van der Waals surface area contributed by atoms with Crippen LogP contribution in [0, 0.1) is 0 Å². The van der Waals surface area contributed by atoms with Gasteiger partial charge in [0.2, 0.25) is 0 Å². The zero-order valence-corrected chi connectivity index (χ0v) is 10.6. The third-order valence-corrected chi connectivity index (χ3v) is 3.65. The maximum Gasteiger partial charge on any atom is 0.115 e. The van der Waals surface area contributed by atoms with Crippen LogP contribution in [0.4, 0.5) is 5.69 Å². The number of hydrogen-bond acceptors (Lipinski definition) is 3. The second-order valence-electron chi connectivity index (χ2n) is 5.02. The summed E-state index contributed by atoms with van der Waals surface area (Å²) in [5.74, 6) is 0.588. The number of anilines is 1. The molecule has 0 spiro atoms. The topological polar surface area (TPSA) is 52.5 Å². The molecule has 3 rings (SSSR count). The summed E-state index contributed by atoms with van der Waals surface area (Å²) in [4.78, 5) is 0. The molecular formula is C16H17NO2. The number of phenols is 2. The molecule has 0 heterocycles. The largest absolute Gasteiger partial charge is 0.508 e. The van der Waals surface area contributed by atoms with Crippen molar-refractivity contribution in [1.29, 1.82) is 0 Å². The van der Waals surface area contributed by atoms with Gasteiger partial charge in [-0.05, 0) is 66.8 Å². The molecule has 0 saturated heterocycles. The van der Waals surface area contributed by atoms with E-state index in [1.165, 1.54) is 11.1 Å². The Morgan fingerprint density at radius 3 is 2.47 bits per heavy atom. The van der Waals surface area contributed by atoms with Gasteiger partial charge in [0.15, 0.2) is 0 Å². The van der Waals surface area contributed by atoms with Crippen LogP contribution in [0.5, 0.6) is 11.5 Å². The van der Waals surface area contributed by atoms with E-state index in [-0.39, 0.29) is 11.8 Å². The van der Waals surface area contributed by atoms with Crippen molar-refractivity contribution in [3.05, 3.63) is 53.6 Å². The van der Waals surface area contributed by atoms with Gasteiger partial charge in [0, 0.05) is 5.69 Å². The fourth-order valence-electron chi connectivity index (χ4n) is 2.70. The van der Waals surface area contributed by atoms with E-state index < -0.39 is 0 Å². The minimum absolute atomic E-state index is 0.223. The van der Waals surface area contributed by atoms with Gasteiger partial charge in [-0.3, -0.25) is 0 Å². The highest BCUT2D eigenvalue weighted by Crippen LogP contribution is 2.34. The average Bonchev–Trinajstić information content (AvgIpc) is 2.42. The highest BCUT2D eigenvalue weighted by atomic mass is 16.3. The van der Waals surface area contributed by atoms with Gasteiger partial charge < -0.3 is 15.5 Å². The molecule has 0 aliphatic heterocycles. The first-order chi connectivity index (χ1) is 9.22. The summed E-state index contributed by atoms with van der Waals surface area (Å²) < 4.78 is 0. The molecule has 3 N–H and O–H groups in total. The van der Waals surface area contributed by atoms with Crippen LogP contribution in [0.25, 0.3) is 0 Å². The summed E-state index contributed by atoms with van der Waals surface area (Å²) >= 11 is 0. The Hall–Kier alpha value is -2.16. The quantitative estimate of drug-likeness (QED) is 0.719. The summed E-state index contributed by atoms with van der Waals surface area (Å²) in [5.41, 5.74) is 3.47. The molecule has 0 aromatic heterocycles. The molecule has 1 unspecified atom stereocenters. The monoisotopic (exact) mass is 255 g/mol. The number of benzene rings is 2. The lowest BCUT2D eigenvalue weighted by Crippen LogP contribution is -2.17. The van der Waals surface area contributed by atoms with Gasteiger partial charge in [0.05, 0.1) is 6.04 Å². The molecule has 0 radical (unpaired) electrons. The first-order valence-corrected chi connectivity index (χ1v) is 6.60. The van der Waals surface area contributed by atoms with Gasteiger partial charge in [0.25, 0.3) is 0 Å². The van der Waals surface area contributed by atoms with E-state index in [4.69, 9.17) is 0 Å². The fourth-order valence-corrected chi connectivity index (χ4v) is 2.70. The van der Waals surface area contributed by atoms with Crippen molar-refractivity contribution in [3.8, 4) is 11.5 Å². The number of fused-ring (bicyclic) bond motifs is 1. The molecule has 1 aliphatic rings. The van der Waals surface area contributed by atoms with Gasteiger partial charge in [-0.25, -0.2) is 0 Å². The average molecular weight is 255 g/mol.